The van der Waals surface area contributed by atoms with Crippen molar-refractivity contribution in [1.82, 2.24) is 4.90 Å². The molecule has 6 N–H and O–H groups in total. The number of carbonyl (C=O) groups excluding carboxylic acids is 5. The monoisotopic (exact) mass is 453 g/mol. The topological polar surface area (TPSA) is 181 Å². The minimum absolute atomic E-state index is 0.0274. The van der Waals surface area contributed by atoms with Gasteiger partial charge in [-0.15, -0.1) is 6.42 Å². The first-order valence-electron chi connectivity index (χ1n) is 10.3. The number of nitrogens with two attached hydrogens (primary N) is 2. The van der Waals surface area contributed by atoms with Crippen molar-refractivity contribution in [3.63, 3.8) is 0 Å². The highest BCUT2D eigenvalue weighted by Crippen LogP contribution is 2.51. The third-order valence-corrected chi connectivity index (χ3v) is 7.25. The van der Waals surface area contributed by atoms with Crippen molar-refractivity contribution in [1.29, 1.82) is 0 Å². The number of nitrogen functional groups attached to an aromatic ring is 1. The number of benzene rings is 1. The number of ketones is 4. The molecule has 0 aliphatic heterocycles. The summed E-state index contributed by atoms with van der Waals surface area (Å²) in [5, 5.41) is 22.0. The molecule has 2 saturated carbocycles. The molecule has 0 saturated heterocycles. The summed E-state index contributed by atoms with van der Waals surface area (Å²) in [7, 11) is 3.05. The molecule has 0 aromatic heterocycles. The van der Waals surface area contributed by atoms with Crippen LogP contribution in [0.5, 0.6) is 5.75 Å². The van der Waals surface area contributed by atoms with E-state index >= 15 is 0 Å². The van der Waals surface area contributed by atoms with Crippen LogP contribution in [0.4, 0.5) is 5.69 Å². The van der Waals surface area contributed by atoms with E-state index in [4.69, 9.17) is 17.9 Å². The van der Waals surface area contributed by atoms with E-state index in [1.165, 1.54) is 25.1 Å². The molecule has 3 aliphatic rings. The Bertz CT molecular complexity index is 1200. The van der Waals surface area contributed by atoms with Crippen LogP contribution in [0.1, 0.15) is 27.9 Å². The number of anilines is 1. The second-order valence-corrected chi connectivity index (χ2v) is 9.15. The van der Waals surface area contributed by atoms with E-state index in [0.29, 0.717) is 5.56 Å². The maximum absolute atomic E-state index is 13.6. The average Bonchev–Trinajstić information content (AvgIpc) is 2.72. The molecule has 2 fully saturated rings. The summed E-state index contributed by atoms with van der Waals surface area (Å²) in [6.45, 7) is 0. The number of terminal acetylenes is 1. The molecule has 0 radical (unpaired) electrons. The van der Waals surface area contributed by atoms with Gasteiger partial charge in [-0.3, -0.25) is 28.9 Å². The van der Waals surface area contributed by atoms with Crippen molar-refractivity contribution in [3.05, 3.63) is 22.8 Å². The van der Waals surface area contributed by atoms with Gasteiger partial charge in [-0.1, -0.05) is 5.92 Å². The Hall–Kier alpha value is -3.55. The van der Waals surface area contributed by atoms with E-state index in [0.717, 1.165) is 0 Å². The highest BCUT2D eigenvalue weighted by molar-refractivity contribution is 6.32. The fourth-order valence-electron chi connectivity index (χ4n) is 5.80. The number of primary amides is 1. The molecule has 3 aliphatic carbocycles. The van der Waals surface area contributed by atoms with Crippen molar-refractivity contribution in [2.45, 2.75) is 24.5 Å². The normalized spacial score (nSPS) is 33.2. The lowest BCUT2D eigenvalue weighted by atomic mass is 9.52. The number of Topliss-reactive ketones (excluding diaryl/α,β-unsaturated/α-hetero) is 4. The molecule has 1 amide bonds. The first kappa shape index (κ1) is 22.6. The van der Waals surface area contributed by atoms with Gasteiger partial charge in [0.25, 0.3) is 0 Å². The molecule has 2 unspecified atom stereocenters. The third-order valence-electron chi connectivity index (χ3n) is 7.25. The third kappa shape index (κ3) is 2.79. The molecule has 33 heavy (non-hydrogen) atoms. The molecule has 0 spiro atoms. The van der Waals surface area contributed by atoms with E-state index in [9.17, 15) is 34.2 Å². The van der Waals surface area contributed by atoms with Gasteiger partial charge in [0.1, 0.15) is 0 Å². The molecule has 4 rings (SSSR count). The Kier molecular flexibility index (Phi) is 4.96. The molecule has 1 aromatic rings. The van der Waals surface area contributed by atoms with Crippen LogP contribution >= 0.6 is 0 Å². The number of aromatic hydroxyl groups is 1. The van der Waals surface area contributed by atoms with Crippen LogP contribution in [0.3, 0.4) is 0 Å². The predicted molar refractivity (Wildman–Crippen MR) is 114 cm³/mol. The van der Waals surface area contributed by atoms with Crippen LogP contribution < -0.4 is 11.5 Å². The van der Waals surface area contributed by atoms with E-state index in [2.05, 4.69) is 5.92 Å². The fourth-order valence-corrected chi connectivity index (χ4v) is 5.80. The largest absolute Gasteiger partial charge is 0.505 e. The zero-order valence-electron chi connectivity index (χ0n) is 18.0. The SMILES string of the molecule is C#Cc1cc2c(c(O)c1N)C(=O)C1C(=O)[C@]3(O)C(=O)C(C(N)=O)C(=O)[C@@H](N(C)C)[C@@H]3C[C@@H]1C2. The highest BCUT2D eigenvalue weighted by Gasteiger charge is 2.69. The van der Waals surface area contributed by atoms with Crippen LogP contribution in [0.25, 0.3) is 0 Å². The summed E-state index contributed by atoms with van der Waals surface area (Å²) in [6.07, 6.45) is 5.54. The fraction of sp³-hybridized carbons (Fsp3) is 0.435. The van der Waals surface area contributed by atoms with Crippen LogP contribution in [-0.2, 0) is 25.6 Å². The molecule has 10 heteroatoms. The minimum Gasteiger partial charge on any atom is -0.505 e. The van der Waals surface area contributed by atoms with E-state index in [1.54, 1.807) is 0 Å². The van der Waals surface area contributed by atoms with E-state index in [1.807, 2.05) is 0 Å². The number of nitrogens with zero attached hydrogens (tertiary/aromatic N) is 1. The zero-order chi connectivity index (χ0) is 24.6. The molecule has 0 bridgehead atoms. The first-order chi connectivity index (χ1) is 15.4. The summed E-state index contributed by atoms with van der Waals surface area (Å²) in [6, 6.07) is 0.348. The van der Waals surface area contributed by atoms with E-state index in [-0.39, 0.29) is 29.7 Å². The van der Waals surface area contributed by atoms with Gasteiger partial charge in [0.05, 0.1) is 28.8 Å². The summed E-state index contributed by atoms with van der Waals surface area (Å²) in [5.41, 5.74) is 8.55. The first-order valence-corrected chi connectivity index (χ1v) is 10.3. The lowest BCUT2D eigenvalue weighted by molar-refractivity contribution is -0.181. The maximum atomic E-state index is 13.6. The van der Waals surface area contributed by atoms with Crippen molar-refractivity contribution in [2.24, 2.45) is 29.4 Å². The van der Waals surface area contributed by atoms with E-state index < -0.39 is 70.1 Å². The average molecular weight is 453 g/mol. The second-order valence-electron chi connectivity index (χ2n) is 9.15. The summed E-state index contributed by atoms with van der Waals surface area (Å²) in [4.78, 5) is 66.4. The Labute approximate surface area is 188 Å². The summed E-state index contributed by atoms with van der Waals surface area (Å²) in [5.74, 6) is -8.80. The van der Waals surface area contributed by atoms with Gasteiger partial charge in [0.2, 0.25) is 5.91 Å². The summed E-state index contributed by atoms with van der Waals surface area (Å²) < 4.78 is 0. The lowest BCUT2D eigenvalue weighted by Crippen LogP contribution is -2.74. The van der Waals surface area contributed by atoms with Crippen LogP contribution in [0, 0.1) is 36.0 Å². The predicted octanol–water partition coefficient (Wildman–Crippen LogP) is -1.57. The molecule has 172 valence electrons. The Morgan fingerprint density at radius 1 is 1.24 bits per heavy atom. The number of aliphatic hydroxyl groups is 1. The molecule has 10 nitrogen and oxygen atoms in total. The van der Waals surface area contributed by atoms with Crippen LogP contribution in [-0.4, -0.2) is 69.9 Å². The lowest BCUT2D eigenvalue weighted by Gasteiger charge is -2.52. The van der Waals surface area contributed by atoms with Crippen molar-refractivity contribution >= 4 is 34.7 Å². The summed E-state index contributed by atoms with van der Waals surface area (Å²) >= 11 is 0. The van der Waals surface area contributed by atoms with Gasteiger partial charge in [-0.2, -0.15) is 0 Å². The standard InChI is InChI=1S/C23H23N3O7/c1-4-8-5-9-6-10-7-11-16(26(2)3)19(29)14(22(25)32)21(31)23(11,33)20(30)13(10)17(27)12(9)18(28)15(8)24/h1,5,10-11,13-14,16,28,33H,6-7,24H2,2-3H3,(H2,25,32)/t10-,11-,13?,14?,16-,23-/m0/s1. The van der Waals surface area contributed by atoms with Crippen LogP contribution in [0.15, 0.2) is 6.07 Å². The van der Waals surface area contributed by atoms with Gasteiger partial charge >= 0.3 is 0 Å². The zero-order valence-corrected chi connectivity index (χ0v) is 18.0. The number of hydrogen-bond acceptors (Lipinski definition) is 9. The van der Waals surface area contributed by atoms with Gasteiger partial charge < -0.3 is 21.7 Å². The quantitative estimate of drug-likeness (QED) is 0.178. The Balaban J connectivity index is 1.89. The molecular weight excluding hydrogens is 430 g/mol. The van der Waals surface area contributed by atoms with Gasteiger partial charge in [-0.25, -0.2) is 0 Å². The molecule has 0 heterocycles. The number of carbonyl (C=O) groups is 5. The number of rotatable bonds is 2. The van der Waals surface area contributed by atoms with Crippen molar-refractivity contribution in [3.8, 4) is 18.1 Å². The Morgan fingerprint density at radius 2 is 1.88 bits per heavy atom. The molecular formula is C23H23N3O7. The number of phenols is 1. The second kappa shape index (κ2) is 7.23. The van der Waals surface area contributed by atoms with Crippen LogP contribution in [0.2, 0.25) is 0 Å². The minimum atomic E-state index is -2.75. The Morgan fingerprint density at radius 3 is 2.42 bits per heavy atom. The maximum Gasteiger partial charge on any atom is 0.235 e. The van der Waals surface area contributed by atoms with Crippen molar-refractivity contribution < 1.29 is 34.2 Å². The number of phenolic OH excluding ortho intramolecular Hbond substituents is 1. The highest BCUT2D eigenvalue weighted by atomic mass is 16.3. The van der Waals surface area contributed by atoms with Crippen molar-refractivity contribution in [2.75, 3.05) is 19.8 Å². The number of amides is 1. The van der Waals surface area contributed by atoms with Gasteiger partial charge in [0.15, 0.2) is 40.4 Å². The van der Waals surface area contributed by atoms with Gasteiger partial charge in [0, 0.05) is 5.92 Å². The number of likely N-dealkylation sites (N-methyl/N-ethyl adjacent to an activating group) is 1. The number of fused-ring (bicyclic) bond motifs is 3. The molecule has 6 atom stereocenters. The van der Waals surface area contributed by atoms with Gasteiger partial charge in [-0.05, 0) is 44.5 Å². The number of hydrogen-bond donors (Lipinski definition) is 4. The smallest absolute Gasteiger partial charge is 0.235 e. The molecule has 1 aromatic carbocycles.